The van der Waals surface area contributed by atoms with Gasteiger partial charge in [0.1, 0.15) is 23.9 Å². The molecule has 8 nitrogen and oxygen atoms in total. The molecule has 1 aromatic heterocycles. The second-order valence-corrected chi connectivity index (χ2v) is 6.77. The van der Waals surface area contributed by atoms with E-state index >= 15 is 0 Å². The monoisotopic (exact) mass is 420 g/mol. The number of nitrogens with zero attached hydrogens (tertiary/aromatic N) is 1. The van der Waals surface area contributed by atoms with Crippen LogP contribution in [-0.4, -0.2) is 22.6 Å². The number of phenols is 1. The van der Waals surface area contributed by atoms with Crippen LogP contribution in [0.3, 0.4) is 0 Å². The molecule has 0 aliphatic rings. The fourth-order valence-corrected chi connectivity index (χ4v) is 3.11. The predicted molar refractivity (Wildman–Crippen MR) is 112 cm³/mol. The summed E-state index contributed by atoms with van der Waals surface area (Å²) in [5.74, 6) is 1.64. The number of benzene rings is 3. The number of aromatic nitrogens is 1. The smallest absolute Gasteiger partial charge is 0.178 e. The summed E-state index contributed by atoms with van der Waals surface area (Å²) >= 11 is 0. The van der Waals surface area contributed by atoms with Gasteiger partial charge in [-0.05, 0) is 47.5 Å². The molecule has 31 heavy (non-hydrogen) atoms. The Bertz CT molecular complexity index is 1150. The van der Waals surface area contributed by atoms with Crippen molar-refractivity contribution >= 4 is 5.69 Å². The van der Waals surface area contributed by atoms with Crippen molar-refractivity contribution in [3.05, 3.63) is 83.7 Å². The molecule has 0 saturated carbocycles. The second-order valence-electron chi connectivity index (χ2n) is 6.77. The molecule has 0 fully saturated rings. The number of methoxy groups -OCH3 is 1. The summed E-state index contributed by atoms with van der Waals surface area (Å²) in [6.45, 7) is 0.234. The van der Waals surface area contributed by atoms with Crippen molar-refractivity contribution in [1.29, 1.82) is 0 Å². The number of hydrogen-bond acceptors (Lipinski definition) is 7. The first kappa shape index (κ1) is 20.4. The lowest BCUT2D eigenvalue weighted by molar-refractivity contribution is -0.991. The zero-order valence-corrected chi connectivity index (χ0v) is 16.6. The highest BCUT2D eigenvalue weighted by molar-refractivity contribution is 5.82. The maximum Gasteiger partial charge on any atom is 0.178 e. The van der Waals surface area contributed by atoms with Crippen LogP contribution in [0.5, 0.6) is 17.2 Å². The van der Waals surface area contributed by atoms with Gasteiger partial charge < -0.3 is 24.3 Å². The molecule has 0 aliphatic carbocycles. The van der Waals surface area contributed by atoms with Crippen molar-refractivity contribution in [2.24, 2.45) is 0 Å². The van der Waals surface area contributed by atoms with Crippen molar-refractivity contribution < 1.29 is 29.5 Å². The van der Waals surface area contributed by atoms with Gasteiger partial charge in [-0.25, -0.2) is 5.21 Å². The highest BCUT2D eigenvalue weighted by Gasteiger charge is 2.17. The summed E-state index contributed by atoms with van der Waals surface area (Å²) in [6.07, 6.45) is 1.60. The van der Waals surface area contributed by atoms with Crippen molar-refractivity contribution in [1.82, 2.24) is 5.16 Å². The van der Waals surface area contributed by atoms with Gasteiger partial charge in [-0.3, -0.25) is 0 Å². The fraction of sp³-hybridized carbons (Fsp3) is 0.0870. The minimum atomic E-state index is -0.977. The van der Waals surface area contributed by atoms with Crippen LogP contribution in [0.4, 0.5) is 5.69 Å². The predicted octanol–water partition coefficient (Wildman–Crippen LogP) is 3.71. The Hall–Kier alpha value is -3.85. The molecule has 1 heterocycles. The zero-order valence-electron chi connectivity index (χ0n) is 16.6. The molecule has 1 atom stereocenters. The van der Waals surface area contributed by atoms with Gasteiger partial charge in [-0.1, -0.05) is 17.3 Å². The fourth-order valence-electron chi connectivity index (χ4n) is 3.11. The Morgan fingerprint density at radius 3 is 2.32 bits per heavy atom. The number of nitrogens with one attached hydrogen (secondary N) is 1. The standard InChI is InChI=1S/C23H20N2O6/c1-29-18-8-4-16(5-9-18)21-13-24-31-23(21)20-11-10-19(12-22(20)26)30-14-15-2-6-17(7-3-15)25(27)28/h2-13,25-27H,14H2,1H3. The van der Waals surface area contributed by atoms with Gasteiger partial charge in [0.15, 0.2) is 11.4 Å². The van der Waals surface area contributed by atoms with Crippen molar-refractivity contribution in [2.45, 2.75) is 6.61 Å². The third-order valence-electron chi connectivity index (χ3n) is 4.79. The lowest BCUT2D eigenvalue weighted by Gasteiger charge is -2.12. The molecular weight excluding hydrogens is 400 g/mol. The third-order valence-corrected chi connectivity index (χ3v) is 4.79. The molecule has 4 rings (SSSR count). The Labute approximate surface area is 178 Å². The van der Waals surface area contributed by atoms with Gasteiger partial charge in [0.05, 0.1) is 18.9 Å². The molecule has 158 valence electrons. The molecule has 8 heteroatoms. The maximum absolute atomic E-state index is 10.9. The lowest BCUT2D eigenvalue weighted by Crippen LogP contribution is -2.99. The van der Waals surface area contributed by atoms with Crippen molar-refractivity contribution in [3.63, 3.8) is 0 Å². The number of quaternary nitrogens is 1. The minimum absolute atomic E-state index is 0.00904. The SMILES string of the molecule is COc1ccc(-c2cnoc2-c2ccc(OCc3ccc([NH+]([O-])O)cc3)cc2O)cc1. The number of hydrogen-bond donors (Lipinski definition) is 3. The van der Waals surface area contributed by atoms with Gasteiger partial charge in [-0.2, -0.15) is 5.23 Å². The summed E-state index contributed by atoms with van der Waals surface area (Å²) in [7, 11) is 1.60. The normalized spacial score (nSPS) is 11.8. The maximum atomic E-state index is 10.9. The first-order valence-corrected chi connectivity index (χ1v) is 9.42. The minimum Gasteiger partial charge on any atom is -0.595 e. The van der Waals surface area contributed by atoms with Crippen molar-refractivity contribution in [2.75, 3.05) is 7.11 Å². The van der Waals surface area contributed by atoms with Gasteiger partial charge >= 0.3 is 0 Å². The highest BCUT2D eigenvalue weighted by Crippen LogP contribution is 2.38. The topological polar surface area (TPSA) is 112 Å². The van der Waals surface area contributed by atoms with Crippen LogP contribution in [0.15, 0.2) is 77.4 Å². The van der Waals surface area contributed by atoms with Crippen LogP contribution in [0.25, 0.3) is 22.5 Å². The number of aromatic hydroxyl groups is 1. The Morgan fingerprint density at radius 2 is 1.68 bits per heavy atom. The van der Waals surface area contributed by atoms with Crippen LogP contribution in [0.2, 0.25) is 0 Å². The largest absolute Gasteiger partial charge is 0.595 e. The zero-order chi connectivity index (χ0) is 21.8. The number of rotatable bonds is 7. The molecule has 0 spiro atoms. The summed E-state index contributed by atoms with van der Waals surface area (Å²) < 4.78 is 16.3. The first-order chi connectivity index (χ1) is 15.0. The molecule has 0 radical (unpaired) electrons. The third kappa shape index (κ3) is 4.51. The molecule has 0 aliphatic heterocycles. The molecule has 0 amide bonds. The summed E-state index contributed by atoms with van der Waals surface area (Å²) in [5, 5.41) is 33.3. The Balaban J connectivity index is 1.51. The number of phenolic OH excluding ortho intramolecular Hbond substituents is 1. The van der Waals surface area contributed by atoms with Crippen LogP contribution >= 0.6 is 0 Å². The quantitative estimate of drug-likeness (QED) is 0.391. The van der Waals surface area contributed by atoms with E-state index in [4.69, 9.17) is 19.2 Å². The molecule has 3 aromatic carbocycles. The van der Waals surface area contributed by atoms with E-state index in [-0.39, 0.29) is 18.0 Å². The summed E-state index contributed by atoms with van der Waals surface area (Å²) in [5.41, 5.74) is 3.13. The highest BCUT2D eigenvalue weighted by atomic mass is 16.8. The first-order valence-electron chi connectivity index (χ1n) is 9.42. The van der Waals surface area contributed by atoms with E-state index in [9.17, 15) is 10.3 Å². The molecule has 0 saturated heterocycles. The van der Waals surface area contributed by atoms with Crippen LogP contribution in [0.1, 0.15) is 5.56 Å². The average molecular weight is 420 g/mol. The average Bonchev–Trinajstić information content (AvgIpc) is 3.27. The van der Waals surface area contributed by atoms with E-state index < -0.39 is 5.23 Å². The van der Waals surface area contributed by atoms with E-state index in [2.05, 4.69) is 5.16 Å². The Morgan fingerprint density at radius 1 is 0.968 bits per heavy atom. The van der Waals surface area contributed by atoms with E-state index in [1.54, 1.807) is 37.6 Å². The van der Waals surface area contributed by atoms with Gasteiger partial charge in [0.2, 0.25) is 0 Å². The van der Waals surface area contributed by atoms with Gasteiger partial charge in [0, 0.05) is 23.8 Å². The molecule has 1 unspecified atom stereocenters. The van der Waals surface area contributed by atoms with Crippen LogP contribution in [0, 0.1) is 5.21 Å². The second kappa shape index (κ2) is 8.88. The molecule has 4 aromatic rings. The summed E-state index contributed by atoms with van der Waals surface area (Å²) in [4.78, 5) is 0. The van der Waals surface area contributed by atoms with Gasteiger partial charge in [-0.15, -0.1) is 0 Å². The molecule has 0 bridgehead atoms. The van der Waals surface area contributed by atoms with Crippen LogP contribution in [-0.2, 0) is 6.61 Å². The lowest BCUT2D eigenvalue weighted by atomic mass is 10.0. The summed E-state index contributed by atoms with van der Waals surface area (Å²) in [6, 6.07) is 18.8. The molecule has 3 N–H and O–H groups in total. The van der Waals surface area contributed by atoms with Gasteiger partial charge in [0.25, 0.3) is 0 Å². The van der Waals surface area contributed by atoms with E-state index in [1.807, 2.05) is 24.3 Å². The molecular formula is C23H20N2O6. The van der Waals surface area contributed by atoms with E-state index in [1.165, 1.54) is 18.2 Å². The Kier molecular flexibility index (Phi) is 5.85. The van der Waals surface area contributed by atoms with Crippen LogP contribution < -0.4 is 14.7 Å². The van der Waals surface area contributed by atoms with Crippen molar-refractivity contribution in [3.8, 4) is 39.7 Å². The van der Waals surface area contributed by atoms with E-state index in [0.29, 0.717) is 17.1 Å². The number of ether oxygens (including phenoxy) is 2. The van der Waals surface area contributed by atoms with E-state index in [0.717, 1.165) is 22.4 Å².